The molecule has 0 radical (unpaired) electrons. The highest BCUT2D eigenvalue weighted by molar-refractivity contribution is 6.30. The summed E-state index contributed by atoms with van der Waals surface area (Å²) in [5.74, 6) is -0.787. The number of nitrogens with two attached hydrogens (primary N) is 1. The van der Waals surface area contributed by atoms with Crippen LogP contribution in [0.15, 0.2) is 18.2 Å². The fraction of sp³-hybridized carbons (Fsp3) is 0.417. The Bertz CT molecular complexity index is 409. The second kappa shape index (κ2) is 5.98. The SMILES string of the molecule is CC(C)C(NCc1ccc(Cl)c(F)c1)C(N)=O. The monoisotopic (exact) mass is 258 g/mol. The van der Waals surface area contributed by atoms with E-state index in [1.54, 1.807) is 6.07 Å². The van der Waals surface area contributed by atoms with Gasteiger partial charge in [-0.25, -0.2) is 4.39 Å². The fourth-order valence-corrected chi connectivity index (χ4v) is 1.66. The lowest BCUT2D eigenvalue weighted by molar-refractivity contribution is -0.121. The molecule has 0 aromatic heterocycles. The first-order valence-electron chi connectivity index (χ1n) is 5.38. The van der Waals surface area contributed by atoms with E-state index < -0.39 is 17.8 Å². The second-order valence-corrected chi connectivity index (χ2v) is 4.66. The lowest BCUT2D eigenvalue weighted by atomic mass is 10.0. The van der Waals surface area contributed by atoms with E-state index in [4.69, 9.17) is 17.3 Å². The topological polar surface area (TPSA) is 55.1 Å². The molecule has 0 bridgehead atoms. The Morgan fingerprint density at radius 2 is 2.18 bits per heavy atom. The molecule has 1 aromatic rings. The van der Waals surface area contributed by atoms with Crippen LogP contribution in [0.1, 0.15) is 19.4 Å². The molecule has 5 heteroatoms. The molecule has 0 aliphatic carbocycles. The molecule has 0 spiro atoms. The molecule has 1 aromatic carbocycles. The van der Waals surface area contributed by atoms with Gasteiger partial charge >= 0.3 is 0 Å². The van der Waals surface area contributed by atoms with Gasteiger partial charge in [-0.05, 0) is 23.6 Å². The van der Waals surface area contributed by atoms with Gasteiger partial charge in [0.05, 0.1) is 11.1 Å². The van der Waals surface area contributed by atoms with Crippen LogP contribution in [0.4, 0.5) is 4.39 Å². The van der Waals surface area contributed by atoms with E-state index in [1.165, 1.54) is 12.1 Å². The van der Waals surface area contributed by atoms with Crippen molar-refractivity contribution in [3.63, 3.8) is 0 Å². The molecular weight excluding hydrogens is 243 g/mol. The molecule has 0 heterocycles. The molecule has 3 nitrogen and oxygen atoms in total. The van der Waals surface area contributed by atoms with Crippen LogP contribution in [-0.2, 0) is 11.3 Å². The van der Waals surface area contributed by atoms with Crippen LogP contribution in [0.5, 0.6) is 0 Å². The van der Waals surface area contributed by atoms with Crippen molar-refractivity contribution in [3.8, 4) is 0 Å². The van der Waals surface area contributed by atoms with E-state index in [0.29, 0.717) is 6.54 Å². The van der Waals surface area contributed by atoms with E-state index in [9.17, 15) is 9.18 Å². The van der Waals surface area contributed by atoms with Gasteiger partial charge in [0.1, 0.15) is 5.82 Å². The summed E-state index contributed by atoms with van der Waals surface area (Å²) in [5, 5.41) is 3.08. The summed E-state index contributed by atoms with van der Waals surface area (Å²) in [6.45, 7) is 4.16. The zero-order chi connectivity index (χ0) is 13.0. The van der Waals surface area contributed by atoms with Crippen molar-refractivity contribution in [2.24, 2.45) is 11.7 Å². The maximum atomic E-state index is 13.2. The van der Waals surface area contributed by atoms with Crippen LogP contribution in [-0.4, -0.2) is 11.9 Å². The minimum Gasteiger partial charge on any atom is -0.368 e. The molecule has 1 unspecified atom stereocenters. The first kappa shape index (κ1) is 13.9. The van der Waals surface area contributed by atoms with Crippen molar-refractivity contribution in [2.75, 3.05) is 0 Å². The largest absolute Gasteiger partial charge is 0.368 e. The molecule has 0 saturated carbocycles. The van der Waals surface area contributed by atoms with Gasteiger partial charge < -0.3 is 11.1 Å². The first-order valence-corrected chi connectivity index (χ1v) is 5.76. The van der Waals surface area contributed by atoms with Crippen molar-refractivity contribution in [3.05, 3.63) is 34.6 Å². The number of primary amides is 1. The van der Waals surface area contributed by atoms with Crippen LogP contribution in [0.25, 0.3) is 0 Å². The highest BCUT2D eigenvalue weighted by Gasteiger charge is 2.18. The minimum absolute atomic E-state index is 0.0871. The van der Waals surface area contributed by atoms with Crippen molar-refractivity contribution >= 4 is 17.5 Å². The number of rotatable bonds is 5. The van der Waals surface area contributed by atoms with Gasteiger partial charge in [-0.1, -0.05) is 31.5 Å². The van der Waals surface area contributed by atoms with Crippen LogP contribution in [0.2, 0.25) is 5.02 Å². The zero-order valence-corrected chi connectivity index (χ0v) is 10.6. The quantitative estimate of drug-likeness (QED) is 0.850. The van der Waals surface area contributed by atoms with Gasteiger partial charge in [0.25, 0.3) is 0 Å². The van der Waals surface area contributed by atoms with Crippen LogP contribution >= 0.6 is 11.6 Å². The van der Waals surface area contributed by atoms with Gasteiger partial charge in [-0.3, -0.25) is 4.79 Å². The highest BCUT2D eigenvalue weighted by atomic mass is 35.5. The van der Waals surface area contributed by atoms with Gasteiger partial charge in [0.15, 0.2) is 0 Å². The highest BCUT2D eigenvalue weighted by Crippen LogP contribution is 2.15. The van der Waals surface area contributed by atoms with Gasteiger partial charge in [-0.2, -0.15) is 0 Å². The third kappa shape index (κ3) is 3.98. The van der Waals surface area contributed by atoms with E-state index >= 15 is 0 Å². The molecule has 0 aliphatic rings. The normalized spacial score (nSPS) is 12.8. The Hall–Kier alpha value is -1.13. The van der Waals surface area contributed by atoms with Crippen molar-refractivity contribution in [1.29, 1.82) is 0 Å². The van der Waals surface area contributed by atoms with E-state index in [2.05, 4.69) is 5.32 Å². The third-order valence-corrected chi connectivity index (χ3v) is 2.79. The molecule has 94 valence electrons. The number of hydrogen-bond donors (Lipinski definition) is 2. The van der Waals surface area contributed by atoms with Gasteiger partial charge in [0.2, 0.25) is 5.91 Å². The number of hydrogen-bond acceptors (Lipinski definition) is 2. The zero-order valence-electron chi connectivity index (χ0n) is 9.84. The predicted molar refractivity (Wildman–Crippen MR) is 66.1 cm³/mol. The lowest BCUT2D eigenvalue weighted by Crippen LogP contribution is -2.44. The Balaban J connectivity index is 2.65. The Kier molecular flexibility index (Phi) is 4.90. The average Bonchev–Trinajstić information content (AvgIpc) is 2.22. The molecule has 0 saturated heterocycles. The molecule has 3 N–H and O–H groups in total. The summed E-state index contributed by atoms with van der Waals surface area (Å²) < 4.78 is 13.2. The van der Waals surface area contributed by atoms with Crippen molar-refractivity contribution in [1.82, 2.24) is 5.32 Å². The molecule has 1 rings (SSSR count). The summed E-state index contributed by atoms with van der Waals surface area (Å²) in [7, 11) is 0. The standard InChI is InChI=1S/C12H16ClFN2O/c1-7(2)11(12(15)17)16-6-8-3-4-9(13)10(14)5-8/h3-5,7,11,16H,6H2,1-2H3,(H2,15,17). The van der Waals surface area contributed by atoms with Crippen LogP contribution < -0.4 is 11.1 Å². The molecule has 1 atom stereocenters. The first-order chi connectivity index (χ1) is 7.91. The van der Waals surface area contributed by atoms with Crippen molar-refractivity contribution in [2.45, 2.75) is 26.4 Å². The number of carbonyl (C=O) groups excluding carboxylic acids is 1. The molecular formula is C12H16ClFN2O. The number of benzene rings is 1. The molecule has 17 heavy (non-hydrogen) atoms. The van der Waals surface area contributed by atoms with E-state index in [1.807, 2.05) is 13.8 Å². The number of halogens is 2. The molecule has 0 fully saturated rings. The van der Waals surface area contributed by atoms with Gasteiger partial charge in [0, 0.05) is 6.54 Å². The molecule has 0 aliphatic heterocycles. The van der Waals surface area contributed by atoms with Crippen LogP contribution in [0, 0.1) is 11.7 Å². The van der Waals surface area contributed by atoms with E-state index in [0.717, 1.165) is 5.56 Å². The summed E-state index contributed by atoms with van der Waals surface area (Å²) in [4.78, 5) is 11.1. The van der Waals surface area contributed by atoms with Crippen molar-refractivity contribution < 1.29 is 9.18 Å². The predicted octanol–water partition coefficient (Wildman–Crippen LogP) is 2.08. The third-order valence-electron chi connectivity index (χ3n) is 2.48. The lowest BCUT2D eigenvalue weighted by Gasteiger charge is -2.19. The minimum atomic E-state index is -0.467. The fourth-order valence-electron chi connectivity index (χ4n) is 1.54. The Labute approximate surface area is 105 Å². The summed E-state index contributed by atoms with van der Waals surface area (Å²) in [5.41, 5.74) is 5.98. The van der Waals surface area contributed by atoms with Crippen LogP contribution in [0.3, 0.4) is 0 Å². The maximum absolute atomic E-state index is 13.2. The number of amides is 1. The van der Waals surface area contributed by atoms with Gasteiger partial charge in [-0.15, -0.1) is 0 Å². The Morgan fingerprint density at radius 3 is 2.65 bits per heavy atom. The van der Waals surface area contributed by atoms with E-state index in [-0.39, 0.29) is 10.9 Å². The average molecular weight is 259 g/mol. The summed E-state index contributed by atoms with van der Waals surface area (Å²) >= 11 is 5.57. The smallest absolute Gasteiger partial charge is 0.234 e. The summed E-state index contributed by atoms with van der Waals surface area (Å²) in [6.07, 6.45) is 0. The molecule has 1 amide bonds. The number of carbonyl (C=O) groups is 1. The second-order valence-electron chi connectivity index (χ2n) is 4.25. The maximum Gasteiger partial charge on any atom is 0.234 e. The number of nitrogens with one attached hydrogen (secondary N) is 1. The Morgan fingerprint density at radius 1 is 1.53 bits per heavy atom. The summed E-state index contributed by atoms with van der Waals surface area (Å²) in [6, 6.07) is 4.11.